The van der Waals surface area contributed by atoms with Crippen LogP contribution in [0.1, 0.15) is 47.0 Å². The molecule has 0 aromatic rings. The van der Waals surface area contributed by atoms with E-state index in [1.54, 1.807) is 6.08 Å². The Kier molecular flexibility index (Phi) is 11.1. The molecule has 0 aromatic heterocycles. The van der Waals surface area contributed by atoms with E-state index < -0.39 is 54.5 Å². The van der Waals surface area contributed by atoms with Gasteiger partial charge in [0.25, 0.3) is 0 Å². The number of unbranched alkanes of at least 4 members (excludes halogenated alkanes) is 2. The Morgan fingerprint density at radius 2 is 1.60 bits per heavy atom. The van der Waals surface area contributed by atoms with Gasteiger partial charge in [0.2, 0.25) is 5.91 Å². The van der Waals surface area contributed by atoms with Crippen molar-refractivity contribution in [2.45, 2.75) is 77.6 Å². The molecule has 1 aliphatic rings. The number of carbonyl (C=O) groups is 4. The smallest absolute Gasteiger partial charge is 0.303 e. The number of rotatable bonds is 11. The molecule has 5 atom stereocenters. The zero-order valence-electron chi connectivity index (χ0n) is 17.9. The Morgan fingerprint density at radius 3 is 2.13 bits per heavy atom. The number of esters is 3. The van der Waals surface area contributed by atoms with E-state index in [9.17, 15) is 19.2 Å². The second kappa shape index (κ2) is 13.0. The lowest BCUT2D eigenvalue weighted by molar-refractivity contribution is -0.277. The van der Waals surface area contributed by atoms with E-state index in [4.69, 9.17) is 23.7 Å². The van der Waals surface area contributed by atoms with Crippen molar-refractivity contribution in [3.8, 4) is 0 Å². The number of allylic oxidation sites excluding steroid dienone is 1. The third-order valence-electron chi connectivity index (χ3n) is 4.16. The van der Waals surface area contributed by atoms with Crippen LogP contribution in [0, 0.1) is 0 Å². The fourth-order valence-corrected chi connectivity index (χ4v) is 3.02. The minimum Gasteiger partial charge on any atom is -0.463 e. The Hall–Kier alpha value is -2.46. The van der Waals surface area contributed by atoms with Gasteiger partial charge in [0, 0.05) is 34.3 Å². The Labute approximate surface area is 176 Å². The summed E-state index contributed by atoms with van der Waals surface area (Å²) in [5.41, 5.74) is 0. The summed E-state index contributed by atoms with van der Waals surface area (Å²) in [6.07, 6.45) is -0.0397. The number of ether oxygens (including phenoxy) is 5. The fraction of sp³-hybridized carbons (Fsp3) is 0.700. The van der Waals surface area contributed by atoms with Crippen molar-refractivity contribution in [2.75, 3.05) is 13.2 Å². The lowest BCUT2D eigenvalue weighted by atomic mass is 9.96. The van der Waals surface area contributed by atoms with Crippen LogP contribution in [-0.2, 0) is 42.9 Å². The molecule has 0 spiro atoms. The molecule has 1 heterocycles. The summed E-state index contributed by atoms with van der Waals surface area (Å²) in [5.74, 6) is -2.28. The SMILES string of the molecule is C=CCCCCO[C@H]1OC(COC(C)=O)[C@H](OC(C)=O)[C@H](OC(C)=O)C1NC(C)=O. The average molecular weight is 429 g/mol. The highest BCUT2D eigenvalue weighted by molar-refractivity contribution is 5.73. The molecule has 0 aromatic carbocycles. The van der Waals surface area contributed by atoms with Gasteiger partial charge in [0.1, 0.15) is 18.8 Å². The molecule has 1 aliphatic heterocycles. The number of hydrogen-bond acceptors (Lipinski definition) is 9. The van der Waals surface area contributed by atoms with Crippen LogP contribution in [0.5, 0.6) is 0 Å². The second-order valence-corrected chi connectivity index (χ2v) is 6.88. The molecule has 170 valence electrons. The zero-order chi connectivity index (χ0) is 22.7. The van der Waals surface area contributed by atoms with Crippen LogP contribution in [0.3, 0.4) is 0 Å². The van der Waals surface area contributed by atoms with E-state index in [-0.39, 0.29) is 6.61 Å². The van der Waals surface area contributed by atoms with Crippen LogP contribution in [0.4, 0.5) is 0 Å². The monoisotopic (exact) mass is 429 g/mol. The van der Waals surface area contributed by atoms with Crippen molar-refractivity contribution in [2.24, 2.45) is 0 Å². The molecule has 10 heteroatoms. The maximum atomic E-state index is 11.8. The minimum absolute atomic E-state index is 0.256. The molecule has 0 bridgehead atoms. The van der Waals surface area contributed by atoms with Crippen LogP contribution in [0.25, 0.3) is 0 Å². The molecule has 1 N–H and O–H groups in total. The van der Waals surface area contributed by atoms with Gasteiger partial charge in [0.05, 0.1) is 0 Å². The quantitative estimate of drug-likeness (QED) is 0.222. The standard InChI is InChI=1S/C20H31NO9/c1-6-7-8-9-10-26-20-17(21-12(2)22)19(29-15(5)25)18(28-14(4)24)16(30-20)11-27-13(3)23/h6,16-20H,1,7-11H2,2-5H3,(H,21,22)/t16?,17?,18-,19+,20-/m0/s1. The summed E-state index contributed by atoms with van der Waals surface area (Å²) >= 11 is 0. The molecule has 1 amide bonds. The topological polar surface area (TPSA) is 126 Å². The highest BCUT2D eigenvalue weighted by atomic mass is 16.7. The van der Waals surface area contributed by atoms with Crippen molar-refractivity contribution in [3.05, 3.63) is 12.7 Å². The van der Waals surface area contributed by atoms with E-state index in [1.165, 1.54) is 27.7 Å². The first kappa shape index (κ1) is 25.6. The van der Waals surface area contributed by atoms with Crippen LogP contribution >= 0.6 is 0 Å². The summed E-state index contributed by atoms with van der Waals surface area (Å²) < 4.78 is 27.4. The van der Waals surface area contributed by atoms with Gasteiger partial charge < -0.3 is 29.0 Å². The third kappa shape index (κ3) is 8.91. The van der Waals surface area contributed by atoms with Crippen LogP contribution in [0.2, 0.25) is 0 Å². The van der Waals surface area contributed by atoms with E-state index in [0.717, 1.165) is 12.8 Å². The van der Waals surface area contributed by atoms with E-state index in [0.29, 0.717) is 13.0 Å². The normalized spacial score (nSPS) is 25.7. The maximum absolute atomic E-state index is 11.8. The first-order valence-electron chi connectivity index (χ1n) is 9.78. The molecular formula is C20H31NO9. The van der Waals surface area contributed by atoms with E-state index in [1.807, 2.05) is 0 Å². The Balaban J connectivity index is 3.14. The van der Waals surface area contributed by atoms with Gasteiger partial charge in [-0.1, -0.05) is 6.08 Å². The zero-order valence-corrected chi connectivity index (χ0v) is 17.9. The van der Waals surface area contributed by atoms with Crippen LogP contribution in [0.15, 0.2) is 12.7 Å². The number of nitrogens with one attached hydrogen (secondary N) is 1. The highest BCUT2D eigenvalue weighted by Crippen LogP contribution is 2.28. The lowest BCUT2D eigenvalue weighted by Crippen LogP contribution is -2.66. The van der Waals surface area contributed by atoms with Gasteiger partial charge in [0.15, 0.2) is 18.5 Å². The highest BCUT2D eigenvalue weighted by Gasteiger charge is 2.51. The molecular weight excluding hydrogens is 398 g/mol. The van der Waals surface area contributed by atoms with E-state index in [2.05, 4.69) is 11.9 Å². The fourth-order valence-electron chi connectivity index (χ4n) is 3.02. The minimum atomic E-state index is -1.12. The largest absolute Gasteiger partial charge is 0.463 e. The van der Waals surface area contributed by atoms with Crippen molar-refractivity contribution >= 4 is 23.8 Å². The molecule has 10 nitrogen and oxygen atoms in total. The van der Waals surface area contributed by atoms with Gasteiger partial charge in [-0.25, -0.2) is 0 Å². The van der Waals surface area contributed by atoms with Crippen LogP contribution in [-0.4, -0.2) is 67.7 Å². The second-order valence-electron chi connectivity index (χ2n) is 6.88. The average Bonchev–Trinajstić information content (AvgIpc) is 2.63. The third-order valence-corrected chi connectivity index (χ3v) is 4.16. The molecule has 0 saturated carbocycles. The molecule has 1 fully saturated rings. The van der Waals surface area contributed by atoms with Gasteiger partial charge in [-0.05, 0) is 19.3 Å². The molecule has 1 saturated heterocycles. The Bertz CT molecular complexity index is 621. The number of hydrogen-bond donors (Lipinski definition) is 1. The predicted molar refractivity (Wildman–Crippen MR) is 104 cm³/mol. The first-order chi connectivity index (χ1) is 14.1. The van der Waals surface area contributed by atoms with Gasteiger partial charge in [-0.3, -0.25) is 19.2 Å². The van der Waals surface area contributed by atoms with Gasteiger partial charge >= 0.3 is 17.9 Å². The lowest BCUT2D eigenvalue weighted by Gasteiger charge is -2.44. The van der Waals surface area contributed by atoms with Crippen LogP contribution < -0.4 is 5.32 Å². The number of carbonyl (C=O) groups excluding carboxylic acids is 4. The molecule has 0 radical (unpaired) electrons. The summed E-state index contributed by atoms with van der Waals surface area (Å²) in [6.45, 7) is 8.60. The summed E-state index contributed by atoms with van der Waals surface area (Å²) in [4.78, 5) is 46.4. The number of amides is 1. The van der Waals surface area contributed by atoms with Crippen molar-refractivity contribution < 1.29 is 42.9 Å². The first-order valence-corrected chi connectivity index (χ1v) is 9.78. The van der Waals surface area contributed by atoms with Gasteiger partial charge in [-0.15, -0.1) is 6.58 Å². The van der Waals surface area contributed by atoms with Crippen molar-refractivity contribution in [1.82, 2.24) is 5.32 Å². The van der Waals surface area contributed by atoms with Crippen molar-refractivity contribution in [3.63, 3.8) is 0 Å². The summed E-state index contributed by atoms with van der Waals surface area (Å²) in [5, 5.41) is 2.65. The molecule has 30 heavy (non-hydrogen) atoms. The Morgan fingerprint density at radius 1 is 0.967 bits per heavy atom. The van der Waals surface area contributed by atoms with Crippen molar-refractivity contribution in [1.29, 1.82) is 0 Å². The maximum Gasteiger partial charge on any atom is 0.303 e. The molecule has 2 unspecified atom stereocenters. The summed E-state index contributed by atoms with van der Waals surface area (Å²) in [7, 11) is 0. The predicted octanol–water partition coefficient (Wildman–Crippen LogP) is 1.02. The summed E-state index contributed by atoms with van der Waals surface area (Å²) in [6, 6.07) is -0.941. The van der Waals surface area contributed by atoms with E-state index >= 15 is 0 Å². The molecule has 1 rings (SSSR count). The van der Waals surface area contributed by atoms with Gasteiger partial charge in [-0.2, -0.15) is 0 Å². The molecule has 0 aliphatic carbocycles.